The summed E-state index contributed by atoms with van der Waals surface area (Å²) in [7, 11) is 0. The summed E-state index contributed by atoms with van der Waals surface area (Å²) in [6.07, 6.45) is 2.97. The lowest BCUT2D eigenvalue weighted by Gasteiger charge is -2.06. The van der Waals surface area contributed by atoms with Gasteiger partial charge in [-0.2, -0.15) is 0 Å². The highest BCUT2D eigenvalue weighted by atomic mass is 19.1. The molecular formula is C16H18FN. The summed E-state index contributed by atoms with van der Waals surface area (Å²) in [4.78, 5) is 0. The first kappa shape index (κ1) is 12.6. The van der Waals surface area contributed by atoms with Crippen molar-refractivity contribution >= 4 is 5.69 Å². The Balaban J connectivity index is 2.17. The van der Waals surface area contributed by atoms with Crippen molar-refractivity contribution in [3.05, 3.63) is 65.0 Å². The van der Waals surface area contributed by atoms with Gasteiger partial charge in [0.05, 0.1) is 5.69 Å². The zero-order valence-electron chi connectivity index (χ0n) is 10.6. The fourth-order valence-electron chi connectivity index (χ4n) is 2.10. The average Bonchev–Trinajstić information content (AvgIpc) is 2.35. The number of nitrogen functional groups attached to an aromatic ring is 1. The van der Waals surface area contributed by atoms with Gasteiger partial charge in [0.1, 0.15) is 5.82 Å². The minimum atomic E-state index is -0.336. The minimum Gasteiger partial charge on any atom is -0.396 e. The standard InChI is InChI=1S/C16H18FN/c1-2-4-12-5-3-6-13(9-12)10-14-7-8-16(18)15(17)11-14/h3,5-9,11H,2,4,10,18H2,1H3. The second kappa shape index (κ2) is 5.67. The maximum absolute atomic E-state index is 13.4. The Kier molecular flexibility index (Phi) is 3.98. The molecule has 0 aliphatic carbocycles. The lowest BCUT2D eigenvalue weighted by atomic mass is 10.0. The van der Waals surface area contributed by atoms with E-state index in [1.165, 1.54) is 17.2 Å². The zero-order valence-corrected chi connectivity index (χ0v) is 10.6. The Morgan fingerprint density at radius 2 is 1.72 bits per heavy atom. The Labute approximate surface area is 107 Å². The van der Waals surface area contributed by atoms with E-state index in [9.17, 15) is 4.39 Å². The third kappa shape index (κ3) is 3.10. The van der Waals surface area contributed by atoms with E-state index in [1.54, 1.807) is 6.07 Å². The molecule has 2 aromatic carbocycles. The van der Waals surface area contributed by atoms with E-state index >= 15 is 0 Å². The smallest absolute Gasteiger partial charge is 0.146 e. The largest absolute Gasteiger partial charge is 0.396 e. The van der Waals surface area contributed by atoms with Crippen LogP contribution in [0.15, 0.2) is 42.5 Å². The van der Waals surface area contributed by atoms with Crippen molar-refractivity contribution in [2.45, 2.75) is 26.2 Å². The normalized spacial score (nSPS) is 10.6. The van der Waals surface area contributed by atoms with Gasteiger partial charge in [-0.1, -0.05) is 43.7 Å². The minimum absolute atomic E-state index is 0.207. The van der Waals surface area contributed by atoms with Crippen LogP contribution in [0.2, 0.25) is 0 Å². The Bertz CT molecular complexity index is 534. The van der Waals surface area contributed by atoms with E-state index in [0.717, 1.165) is 24.8 Å². The van der Waals surface area contributed by atoms with Crippen molar-refractivity contribution in [1.82, 2.24) is 0 Å². The molecule has 0 saturated carbocycles. The summed E-state index contributed by atoms with van der Waals surface area (Å²) < 4.78 is 13.4. The third-order valence-corrected chi connectivity index (χ3v) is 3.00. The van der Waals surface area contributed by atoms with Crippen molar-refractivity contribution in [2.75, 3.05) is 5.73 Å². The van der Waals surface area contributed by atoms with Crippen molar-refractivity contribution in [2.24, 2.45) is 0 Å². The molecule has 0 heterocycles. The number of hydrogen-bond donors (Lipinski definition) is 1. The zero-order chi connectivity index (χ0) is 13.0. The molecule has 2 N–H and O–H groups in total. The predicted octanol–water partition coefficient (Wildman–Crippen LogP) is 3.95. The average molecular weight is 243 g/mol. The first-order valence-corrected chi connectivity index (χ1v) is 6.30. The first-order chi connectivity index (χ1) is 8.69. The molecular weight excluding hydrogens is 225 g/mol. The molecule has 0 saturated heterocycles. The van der Waals surface area contributed by atoms with Crippen LogP contribution in [0.1, 0.15) is 30.0 Å². The first-order valence-electron chi connectivity index (χ1n) is 6.30. The number of hydrogen-bond acceptors (Lipinski definition) is 1. The molecule has 2 aromatic rings. The van der Waals surface area contributed by atoms with Crippen LogP contribution in [0.4, 0.5) is 10.1 Å². The monoisotopic (exact) mass is 243 g/mol. The Morgan fingerprint density at radius 1 is 1.00 bits per heavy atom. The van der Waals surface area contributed by atoms with Crippen LogP contribution in [-0.2, 0) is 12.8 Å². The van der Waals surface area contributed by atoms with E-state index in [4.69, 9.17) is 5.73 Å². The van der Waals surface area contributed by atoms with Gasteiger partial charge < -0.3 is 5.73 Å². The number of aryl methyl sites for hydroxylation is 1. The van der Waals surface area contributed by atoms with Gasteiger partial charge in [0.2, 0.25) is 0 Å². The predicted molar refractivity (Wildman–Crippen MR) is 74.1 cm³/mol. The van der Waals surface area contributed by atoms with Crippen LogP contribution in [-0.4, -0.2) is 0 Å². The molecule has 0 fully saturated rings. The van der Waals surface area contributed by atoms with Gasteiger partial charge in [0, 0.05) is 0 Å². The lowest BCUT2D eigenvalue weighted by molar-refractivity contribution is 0.630. The van der Waals surface area contributed by atoms with Gasteiger partial charge in [-0.05, 0) is 41.7 Å². The quantitative estimate of drug-likeness (QED) is 0.808. The van der Waals surface area contributed by atoms with Gasteiger partial charge in [-0.15, -0.1) is 0 Å². The molecule has 0 unspecified atom stereocenters. The summed E-state index contributed by atoms with van der Waals surface area (Å²) in [5, 5.41) is 0. The molecule has 2 rings (SSSR count). The summed E-state index contributed by atoms with van der Waals surface area (Å²) >= 11 is 0. The summed E-state index contributed by atoms with van der Waals surface area (Å²) in [5.41, 5.74) is 9.18. The second-order valence-electron chi connectivity index (χ2n) is 4.60. The fourth-order valence-corrected chi connectivity index (χ4v) is 2.10. The molecule has 0 spiro atoms. The Hall–Kier alpha value is -1.83. The molecule has 0 amide bonds. The van der Waals surface area contributed by atoms with Crippen LogP contribution in [0, 0.1) is 5.82 Å². The maximum Gasteiger partial charge on any atom is 0.146 e. The van der Waals surface area contributed by atoms with Gasteiger partial charge in [-0.25, -0.2) is 4.39 Å². The number of nitrogens with two attached hydrogens (primary N) is 1. The van der Waals surface area contributed by atoms with Gasteiger partial charge in [0.15, 0.2) is 0 Å². The Morgan fingerprint density at radius 3 is 2.44 bits per heavy atom. The van der Waals surface area contributed by atoms with E-state index < -0.39 is 0 Å². The van der Waals surface area contributed by atoms with Crippen LogP contribution in [0.5, 0.6) is 0 Å². The third-order valence-electron chi connectivity index (χ3n) is 3.00. The number of halogens is 1. The highest BCUT2D eigenvalue weighted by Gasteiger charge is 2.02. The van der Waals surface area contributed by atoms with Gasteiger partial charge in [0.25, 0.3) is 0 Å². The SMILES string of the molecule is CCCc1cccc(Cc2ccc(N)c(F)c2)c1. The molecule has 0 bridgehead atoms. The molecule has 0 aliphatic heterocycles. The van der Waals surface area contributed by atoms with Crippen LogP contribution in [0.25, 0.3) is 0 Å². The molecule has 1 nitrogen and oxygen atoms in total. The molecule has 0 atom stereocenters. The summed E-state index contributed by atoms with van der Waals surface area (Å²) in [6, 6.07) is 13.5. The number of rotatable bonds is 4. The number of anilines is 1. The van der Waals surface area contributed by atoms with Crippen molar-refractivity contribution in [3.8, 4) is 0 Å². The summed E-state index contributed by atoms with van der Waals surface area (Å²) in [6.45, 7) is 2.17. The summed E-state index contributed by atoms with van der Waals surface area (Å²) in [5.74, 6) is -0.336. The van der Waals surface area contributed by atoms with Crippen LogP contribution >= 0.6 is 0 Å². The second-order valence-corrected chi connectivity index (χ2v) is 4.60. The van der Waals surface area contributed by atoms with Crippen LogP contribution in [0.3, 0.4) is 0 Å². The molecule has 18 heavy (non-hydrogen) atoms. The number of benzene rings is 2. The molecule has 0 aliphatic rings. The van der Waals surface area contributed by atoms with Gasteiger partial charge >= 0.3 is 0 Å². The highest BCUT2D eigenvalue weighted by Crippen LogP contribution is 2.16. The molecule has 0 aromatic heterocycles. The van der Waals surface area contributed by atoms with E-state index in [-0.39, 0.29) is 11.5 Å². The topological polar surface area (TPSA) is 26.0 Å². The van der Waals surface area contributed by atoms with Crippen molar-refractivity contribution < 1.29 is 4.39 Å². The molecule has 2 heteroatoms. The van der Waals surface area contributed by atoms with E-state index in [2.05, 4.69) is 31.2 Å². The van der Waals surface area contributed by atoms with Crippen molar-refractivity contribution in [3.63, 3.8) is 0 Å². The fraction of sp³-hybridized carbons (Fsp3) is 0.250. The molecule has 94 valence electrons. The van der Waals surface area contributed by atoms with E-state index in [0.29, 0.717) is 0 Å². The lowest BCUT2D eigenvalue weighted by Crippen LogP contribution is -1.95. The van der Waals surface area contributed by atoms with Crippen molar-refractivity contribution in [1.29, 1.82) is 0 Å². The highest BCUT2D eigenvalue weighted by molar-refractivity contribution is 5.42. The van der Waals surface area contributed by atoms with Gasteiger partial charge in [-0.3, -0.25) is 0 Å². The molecule has 0 radical (unpaired) electrons. The maximum atomic E-state index is 13.4. The van der Waals surface area contributed by atoms with Crippen LogP contribution < -0.4 is 5.73 Å². The van der Waals surface area contributed by atoms with E-state index in [1.807, 2.05) is 6.07 Å².